The van der Waals surface area contributed by atoms with E-state index in [4.69, 9.17) is 5.11 Å². The molecule has 0 aliphatic rings. The van der Waals surface area contributed by atoms with Crippen LogP contribution in [-0.2, 0) is 0 Å². The molecule has 0 saturated carbocycles. The molecule has 1 aromatic carbocycles. The Balaban J connectivity index is 2.54. The summed E-state index contributed by atoms with van der Waals surface area (Å²) in [4.78, 5) is 11.0. The molecule has 1 heterocycles. The topological polar surface area (TPSA) is 55.1 Å². The normalized spacial score (nSPS) is 10.9. The molecule has 94 valence electrons. The Labute approximate surface area is 106 Å². The van der Waals surface area contributed by atoms with Gasteiger partial charge in [0.25, 0.3) is 0 Å². The monoisotopic (exact) mass is 244 g/mol. The van der Waals surface area contributed by atoms with Gasteiger partial charge in [0.15, 0.2) is 5.69 Å². The molecule has 0 fully saturated rings. The molecule has 0 radical (unpaired) electrons. The Kier molecular flexibility index (Phi) is 3.19. The van der Waals surface area contributed by atoms with Crippen LogP contribution in [0.2, 0.25) is 0 Å². The number of hydrogen-bond donors (Lipinski definition) is 1. The first-order valence-electron chi connectivity index (χ1n) is 5.89. The first-order chi connectivity index (χ1) is 8.49. The van der Waals surface area contributed by atoms with Gasteiger partial charge in [0.05, 0.1) is 5.69 Å². The van der Waals surface area contributed by atoms with E-state index in [0.717, 1.165) is 11.3 Å². The number of rotatable bonds is 3. The minimum atomic E-state index is -0.997. The highest BCUT2D eigenvalue weighted by atomic mass is 16.4. The highest BCUT2D eigenvalue weighted by molar-refractivity contribution is 5.87. The maximum absolute atomic E-state index is 11.0. The second-order valence-electron chi connectivity index (χ2n) is 4.62. The van der Waals surface area contributed by atoms with E-state index in [9.17, 15) is 4.79 Å². The van der Waals surface area contributed by atoms with Crippen molar-refractivity contribution in [3.63, 3.8) is 0 Å². The first kappa shape index (κ1) is 12.4. The van der Waals surface area contributed by atoms with E-state index < -0.39 is 5.97 Å². The number of nitrogens with zero attached hydrogens (tertiary/aromatic N) is 2. The number of aromatic carboxylic acids is 1. The van der Waals surface area contributed by atoms with Gasteiger partial charge in [0.1, 0.15) is 0 Å². The van der Waals surface area contributed by atoms with Gasteiger partial charge in [-0.15, -0.1) is 0 Å². The Morgan fingerprint density at radius 1 is 1.28 bits per heavy atom. The molecule has 1 aromatic heterocycles. The summed E-state index contributed by atoms with van der Waals surface area (Å²) in [6, 6.07) is 9.72. The molecule has 0 spiro atoms. The van der Waals surface area contributed by atoms with Crippen LogP contribution >= 0.6 is 0 Å². The number of aryl methyl sites for hydroxylation is 1. The van der Waals surface area contributed by atoms with Crippen molar-refractivity contribution in [1.82, 2.24) is 9.78 Å². The highest BCUT2D eigenvalue weighted by Crippen LogP contribution is 2.24. The Morgan fingerprint density at radius 2 is 1.89 bits per heavy atom. The van der Waals surface area contributed by atoms with E-state index in [2.05, 4.69) is 5.10 Å². The van der Waals surface area contributed by atoms with Gasteiger partial charge in [-0.1, -0.05) is 29.8 Å². The third-order valence-electron chi connectivity index (χ3n) is 2.79. The lowest BCUT2D eigenvalue weighted by molar-refractivity contribution is 0.0689. The van der Waals surface area contributed by atoms with Crippen molar-refractivity contribution in [3.05, 3.63) is 41.6 Å². The summed E-state index contributed by atoms with van der Waals surface area (Å²) in [5.41, 5.74) is 3.07. The largest absolute Gasteiger partial charge is 0.476 e. The molecule has 0 atom stereocenters. The lowest BCUT2D eigenvalue weighted by atomic mass is 10.1. The summed E-state index contributed by atoms with van der Waals surface area (Å²) < 4.78 is 1.74. The van der Waals surface area contributed by atoms with E-state index in [0.29, 0.717) is 0 Å². The van der Waals surface area contributed by atoms with Crippen molar-refractivity contribution in [2.75, 3.05) is 0 Å². The summed E-state index contributed by atoms with van der Waals surface area (Å²) >= 11 is 0. The maximum Gasteiger partial charge on any atom is 0.356 e. The predicted molar refractivity (Wildman–Crippen MR) is 69.7 cm³/mol. The Bertz CT molecular complexity index is 568. The number of carbonyl (C=O) groups is 1. The summed E-state index contributed by atoms with van der Waals surface area (Å²) in [6.07, 6.45) is 0. The Hall–Kier alpha value is -2.10. The minimum Gasteiger partial charge on any atom is -0.476 e. The van der Waals surface area contributed by atoms with Crippen LogP contribution in [0.4, 0.5) is 0 Å². The van der Waals surface area contributed by atoms with Crippen LogP contribution in [0.25, 0.3) is 11.3 Å². The van der Waals surface area contributed by atoms with Crippen molar-refractivity contribution in [2.45, 2.75) is 26.8 Å². The zero-order chi connectivity index (χ0) is 13.3. The number of carboxylic acid groups (broad SMARTS) is 1. The van der Waals surface area contributed by atoms with Crippen molar-refractivity contribution in [3.8, 4) is 11.3 Å². The number of hydrogen-bond acceptors (Lipinski definition) is 2. The molecule has 0 bridgehead atoms. The molecule has 2 aromatic rings. The highest BCUT2D eigenvalue weighted by Gasteiger charge is 2.16. The van der Waals surface area contributed by atoms with Crippen molar-refractivity contribution in [2.24, 2.45) is 0 Å². The van der Waals surface area contributed by atoms with Gasteiger partial charge in [-0.25, -0.2) is 4.79 Å². The van der Waals surface area contributed by atoms with E-state index in [1.165, 1.54) is 5.56 Å². The second-order valence-corrected chi connectivity index (χ2v) is 4.62. The fraction of sp³-hybridized carbons (Fsp3) is 0.286. The number of carboxylic acids is 1. The van der Waals surface area contributed by atoms with E-state index >= 15 is 0 Å². The smallest absolute Gasteiger partial charge is 0.356 e. The molecule has 4 heteroatoms. The first-order valence-corrected chi connectivity index (χ1v) is 5.89. The molecular weight excluding hydrogens is 228 g/mol. The number of aromatic nitrogens is 2. The zero-order valence-corrected chi connectivity index (χ0v) is 10.7. The molecule has 0 saturated heterocycles. The van der Waals surface area contributed by atoms with Gasteiger partial charge >= 0.3 is 5.97 Å². The van der Waals surface area contributed by atoms with Crippen LogP contribution in [0.1, 0.15) is 35.9 Å². The summed E-state index contributed by atoms with van der Waals surface area (Å²) in [7, 11) is 0. The average Bonchev–Trinajstić information content (AvgIpc) is 2.75. The van der Waals surface area contributed by atoms with Gasteiger partial charge in [-0.2, -0.15) is 5.10 Å². The van der Waals surface area contributed by atoms with Crippen molar-refractivity contribution >= 4 is 5.97 Å². The van der Waals surface area contributed by atoms with Gasteiger partial charge in [0.2, 0.25) is 0 Å². The van der Waals surface area contributed by atoms with E-state index in [1.807, 2.05) is 45.0 Å². The molecule has 0 aliphatic heterocycles. The zero-order valence-electron chi connectivity index (χ0n) is 10.7. The standard InChI is InChI=1S/C14H16N2O2/c1-9(2)16-13(8-12(15-16)14(17)18)11-6-4-10(3)5-7-11/h4-9H,1-3H3,(H,17,18). The van der Waals surface area contributed by atoms with E-state index in [1.54, 1.807) is 10.7 Å². The lowest BCUT2D eigenvalue weighted by Gasteiger charge is -2.10. The van der Waals surface area contributed by atoms with Crippen molar-refractivity contribution in [1.29, 1.82) is 0 Å². The van der Waals surface area contributed by atoms with E-state index in [-0.39, 0.29) is 11.7 Å². The fourth-order valence-corrected chi connectivity index (χ4v) is 1.83. The molecule has 2 rings (SSSR count). The average molecular weight is 244 g/mol. The van der Waals surface area contributed by atoms with Crippen LogP contribution in [0, 0.1) is 6.92 Å². The SMILES string of the molecule is Cc1ccc(-c2cc(C(=O)O)nn2C(C)C)cc1. The predicted octanol–water partition coefficient (Wildman–Crippen LogP) is 3.14. The molecule has 0 unspecified atom stereocenters. The summed E-state index contributed by atoms with van der Waals surface area (Å²) in [6.45, 7) is 5.98. The van der Waals surface area contributed by atoms with Gasteiger partial charge < -0.3 is 5.11 Å². The molecule has 4 nitrogen and oxygen atoms in total. The number of benzene rings is 1. The quantitative estimate of drug-likeness (QED) is 0.902. The molecule has 0 aliphatic carbocycles. The minimum absolute atomic E-state index is 0.0827. The van der Waals surface area contributed by atoms with Crippen molar-refractivity contribution < 1.29 is 9.90 Å². The summed E-state index contributed by atoms with van der Waals surface area (Å²) in [5, 5.41) is 13.1. The van der Waals surface area contributed by atoms with Crippen LogP contribution in [0.3, 0.4) is 0 Å². The second kappa shape index (κ2) is 4.64. The molecular formula is C14H16N2O2. The molecule has 0 amide bonds. The van der Waals surface area contributed by atoms with Gasteiger partial charge in [0, 0.05) is 6.04 Å². The van der Waals surface area contributed by atoms with Crippen LogP contribution in [0.5, 0.6) is 0 Å². The molecule has 1 N–H and O–H groups in total. The fourth-order valence-electron chi connectivity index (χ4n) is 1.83. The third-order valence-corrected chi connectivity index (χ3v) is 2.79. The van der Waals surface area contributed by atoms with Gasteiger partial charge in [-0.05, 0) is 32.4 Å². The molecule has 18 heavy (non-hydrogen) atoms. The maximum atomic E-state index is 11.0. The summed E-state index contributed by atoms with van der Waals surface area (Å²) in [5.74, 6) is -0.997. The lowest BCUT2D eigenvalue weighted by Crippen LogP contribution is -2.06. The third kappa shape index (κ3) is 2.27. The van der Waals surface area contributed by atoms with Crippen LogP contribution in [-0.4, -0.2) is 20.9 Å². The van der Waals surface area contributed by atoms with Crippen LogP contribution < -0.4 is 0 Å². The van der Waals surface area contributed by atoms with Crippen LogP contribution in [0.15, 0.2) is 30.3 Å². The van der Waals surface area contributed by atoms with Gasteiger partial charge in [-0.3, -0.25) is 4.68 Å². The Morgan fingerprint density at radius 3 is 2.39 bits per heavy atom.